The van der Waals surface area contributed by atoms with Crippen molar-refractivity contribution >= 4 is 22.4 Å². The number of anilines is 1. The van der Waals surface area contributed by atoms with Crippen molar-refractivity contribution in [1.29, 1.82) is 0 Å². The summed E-state index contributed by atoms with van der Waals surface area (Å²) in [6.07, 6.45) is 5.57. The smallest absolute Gasteiger partial charge is 0.272 e. The number of nitrogen functional groups attached to an aromatic ring is 1. The molecule has 5 heteroatoms. The fourth-order valence-electron chi connectivity index (χ4n) is 2.93. The number of carbonyl (C=O) groups excluding carboxylic acids is 1. The van der Waals surface area contributed by atoms with Crippen LogP contribution in [0.25, 0.3) is 21.9 Å². The maximum absolute atomic E-state index is 12.3. The molecule has 5 nitrogen and oxygen atoms in total. The zero-order chi connectivity index (χ0) is 16.7. The number of rotatable bonds is 3. The molecule has 0 aliphatic heterocycles. The maximum atomic E-state index is 12.3. The highest BCUT2D eigenvalue weighted by molar-refractivity contribution is 6.09. The molecule has 0 unspecified atom stereocenters. The summed E-state index contributed by atoms with van der Waals surface area (Å²) in [5, 5.41) is 4.70. The third-order valence-electron chi connectivity index (χ3n) is 4.40. The average Bonchev–Trinajstić information content (AvgIpc) is 3.39. The van der Waals surface area contributed by atoms with Crippen LogP contribution in [0.3, 0.4) is 0 Å². The van der Waals surface area contributed by atoms with Crippen LogP contribution in [0.5, 0.6) is 0 Å². The first-order valence-electron chi connectivity index (χ1n) is 8.05. The summed E-state index contributed by atoms with van der Waals surface area (Å²) in [5.74, 6) is -0.195. The second-order valence-corrected chi connectivity index (χ2v) is 6.17. The van der Waals surface area contributed by atoms with Crippen molar-refractivity contribution in [2.75, 3.05) is 5.73 Å². The van der Waals surface area contributed by atoms with Crippen molar-refractivity contribution in [1.82, 2.24) is 15.3 Å². The summed E-state index contributed by atoms with van der Waals surface area (Å²) in [6.45, 7) is 1.97. The minimum absolute atomic E-state index is 0.195. The van der Waals surface area contributed by atoms with Gasteiger partial charge in [-0.25, -0.2) is 4.98 Å². The standard InChI is InChI=1S/C19H18N4O/c1-11-13(6-3-9-21-11)14-4-2-5-15-16(14)10-22-18(17(15)20)19(24)23-12-7-8-12/h2-6,9-10,12H,7-8,20H2,1H3,(H,23,24). The molecule has 1 aliphatic rings. The van der Waals surface area contributed by atoms with Crippen LogP contribution in [0.4, 0.5) is 5.69 Å². The molecule has 2 heterocycles. The van der Waals surface area contributed by atoms with Gasteiger partial charge in [-0.3, -0.25) is 9.78 Å². The van der Waals surface area contributed by atoms with E-state index in [2.05, 4.69) is 15.3 Å². The van der Waals surface area contributed by atoms with Gasteiger partial charge >= 0.3 is 0 Å². The zero-order valence-corrected chi connectivity index (χ0v) is 13.4. The second kappa shape index (κ2) is 5.60. The molecule has 1 aliphatic carbocycles. The zero-order valence-electron chi connectivity index (χ0n) is 13.4. The summed E-state index contributed by atoms with van der Waals surface area (Å²) in [5.41, 5.74) is 9.99. The normalized spacial score (nSPS) is 13.9. The Kier molecular flexibility index (Phi) is 3.41. The van der Waals surface area contributed by atoms with Gasteiger partial charge in [-0.2, -0.15) is 0 Å². The highest BCUT2D eigenvalue weighted by Gasteiger charge is 2.25. The molecule has 0 spiro atoms. The number of hydrogen-bond acceptors (Lipinski definition) is 4. The first-order chi connectivity index (χ1) is 11.6. The van der Waals surface area contributed by atoms with Gasteiger partial charge in [0.2, 0.25) is 0 Å². The molecule has 1 aromatic carbocycles. The van der Waals surface area contributed by atoms with Gasteiger partial charge in [0, 0.05) is 40.5 Å². The van der Waals surface area contributed by atoms with E-state index in [0.29, 0.717) is 11.4 Å². The lowest BCUT2D eigenvalue weighted by Crippen LogP contribution is -2.27. The Morgan fingerprint density at radius 2 is 1.92 bits per heavy atom. The van der Waals surface area contributed by atoms with E-state index in [0.717, 1.165) is 40.4 Å². The van der Waals surface area contributed by atoms with E-state index in [4.69, 9.17) is 5.73 Å². The van der Waals surface area contributed by atoms with E-state index in [-0.39, 0.29) is 11.9 Å². The maximum Gasteiger partial charge on any atom is 0.272 e. The Hall–Kier alpha value is -2.95. The molecule has 0 atom stereocenters. The molecule has 1 saturated carbocycles. The quantitative estimate of drug-likeness (QED) is 0.777. The number of aromatic nitrogens is 2. The highest BCUT2D eigenvalue weighted by Crippen LogP contribution is 2.33. The summed E-state index contributed by atoms with van der Waals surface area (Å²) >= 11 is 0. The first-order valence-corrected chi connectivity index (χ1v) is 8.05. The van der Waals surface area contributed by atoms with Gasteiger partial charge in [0.15, 0.2) is 5.69 Å². The van der Waals surface area contributed by atoms with Gasteiger partial charge in [0.05, 0.1) is 5.69 Å². The van der Waals surface area contributed by atoms with Gasteiger partial charge in [0.25, 0.3) is 5.91 Å². The Morgan fingerprint density at radius 3 is 2.67 bits per heavy atom. The molecule has 4 rings (SSSR count). The molecule has 120 valence electrons. The predicted molar refractivity (Wildman–Crippen MR) is 94.6 cm³/mol. The number of fused-ring (bicyclic) bond motifs is 1. The molecule has 2 aromatic heterocycles. The SMILES string of the molecule is Cc1ncccc1-c1cccc2c(N)c(C(=O)NC3CC3)ncc12. The Labute approximate surface area is 139 Å². The van der Waals surface area contributed by atoms with Crippen LogP contribution in [-0.2, 0) is 0 Å². The van der Waals surface area contributed by atoms with Crippen molar-refractivity contribution in [3.8, 4) is 11.1 Å². The van der Waals surface area contributed by atoms with E-state index in [1.54, 1.807) is 12.4 Å². The topological polar surface area (TPSA) is 80.9 Å². The van der Waals surface area contributed by atoms with Gasteiger partial charge in [0.1, 0.15) is 0 Å². The lowest BCUT2D eigenvalue weighted by atomic mass is 9.97. The monoisotopic (exact) mass is 318 g/mol. The van der Waals surface area contributed by atoms with Crippen molar-refractivity contribution in [2.24, 2.45) is 0 Å². The summed E-state index contributed by atoms with van der Waals surface area (Å²) in [6, 6.07) is 10.1. The number of carbonyl (C=O) groups is 1. The lowest BCUT2D eigenvalue weighted by molar-refractivity contribution is 0.0947. The van der Waals surface area contributed by atoms with Crippen LogP contribution in [0.1, 0.15) is 29.0 Å². The average molecular weight is 318 g/mol. The number of benzene rings is 1. The van der Waals surface area contributed by atoms with Gasteiger partial charge in [-0.05, 0) is 31.4 Å². The number of pyridine rings is 2. The van der Waals surface area contributed by atoms with Crippen LogP contribution in [0.2, 0.25) is 0 Å². The Balaban J connectivity index is 1.85. The van der Waals surface area contributed by atoms with Crippen LogP contribution in [0, 0.1) is 6.92 Å². The third kappa shape index (κ3) is 2.48. The largest absolute Gasteiger partial charge is 0.396 e. The third-order valence-corrected chi connectivity index (χ3v) is 4.40. The van der Waals surface area contributed by atoms with E-state index < -0.39 is 0 Å². The fourth-order valence-corrected chi connectivity index (χ4v) is 2.93. The van der Waals surface area contributed by atoms with Crippen molar-refractivity contribution in [3.63, 3.8) is 0 Å². The summed E-state index contributed by atoms with van der Waals surface area (Å²) in [4.78, 5) is 21.0. The van der Waals surface area contributed by atoms with E-state index in [9.17, 15) is 4.79 Å². The van der Waals surface area contributed by atoms with Crippen LogP contribution >= 0.6 is 0 Å². The fraction of sp³-hybridized carbons (Fsp3) is 0.211. The van der Waals surface area contributed by atoms with E-state index >= 15 is 0 Å². The van der Waals surface area contributed by atoms with Crippen LogP contribution < -0.4 is 11.1 Å². The van der Waals surface area contributed by atoms with Crippen molar-refractivity contribution < 1.29 is 4.79 Å². The van der Waals surface area contributed by atoms with Gasteiger partial charge in [-0.15, -0.1) is 0 Å². The Bertz CT molecular complexity index is 947. The minimum atomic E-state index is -0.195. The molecule has 24 heavy (non-hydrogen) atoms. The molecule has 3 aromatic rings. The van der Waals surface area contributed by atoms with Gasteiger partial charge < -0.3 is 11.1 Å². The second-order valence-electron chi connectivity index (χ2n) is 6.17. The number of amides is 1. The highest BCUT2D eigenvalue weighted by atomic mass is 16.2. The minimum Gasteiger partial charge on any atom is -0.396 e. The van der Waals surface area contributed by atoms with E-state index in [1.807, 2.05) is 37.3 Å². The predicted octanol–water partition coefficient (Wildman–Crippen LogP) is 3.08. The summed E-state index contributed by atoms with van der Waals surface area (Å²) in [7, 11) is 0. The molecular formula is C19H18N4O. The van der Waals surface area contributed by atoms with Crippen LogP contribution in [-0.4, -0.2) is 21.9 Å². The van der Waals surface area contributed by atoms with E-state index in [1.165, 1.54) is 0 Å². The molecule has 0 radical (unpaired) electrons. The molecule has 0 saturated heterocycles. The molecule has 1 fully saturated rings. The number of aryl methyl sites for hydroxylation is 1. The molecular weight excluding hydrogens is 300 g/mol. The van der Waals surface area contributed by atoms with Crippen molar-refractivity contribution in [2.45, 2.75) is 25.8 Å². The molecule has 0 bridgehead atoms. The summed E-state index contributed by atoms with van der Waals surface area (Å²) < 4.78 is 0. The van der Waals surface area contributed by atoms with Crippen LogP contribution in [0.15, 0.2) is 42.7 Å². The van der Waals surface area contributed by atoms with Crippen molar-refractivity contribution in [3.05, 3.63) is 54.1 Å². The number of nitrogens with zero attached hydrogens (tertiary/aromatic N) is 2. The lowest BCUT2D eigenvalue weighted by Gasteiger charge is -2.12. The Morgan fingerprint density at radius 1 is 1.12 bits per heavy atom. The number of nitrogens with one attached hydrogen (secondary N) is 1. The first kappa shape index (κ1) is 14.6. The number of nitrogens with two attached hydrogens (primary N) is 1. The number of hydrogen-bond donors (Lipinski definition) is 2. The van der Waals surface area contributed by atoms with Gasteiger partial charge in [-0.1, -0.05) is 24.3 Å². The molecule has 1 amide bonds. The molecule has 3 N–H and O–H groups in total.